The number of anilines is 1. The molecule has 1 aliphatic heterocycles. The Morgan fingerprint density at radius 1 is 1.58 bits per heavy atom. The Bertz CT molecular complexity index is 493. The van der Waals surface area contributed by atoms with Gasteiger partial charge in [0.2, 0.25) is 0 Å². The number of carbonyl (C=O) groups is 1. The Balaban J connectivity index is 2.04. The van der Waals surface area contributed by atoms with E-state index in [1.807, 2.05) is 12.3 Å². The summed E-state index contributed by atoms with van der Waals surface area (Å²) in [6.07, 6.45) is 5.63. The SMILES string of the molecule is C=CCCC1=NN(c2ccn(CCOC)n2)C(=O)C1. The van der Waals surface area contributed by atoms with Crippen LogP contribution >= 0.6 is 0 Å². The van der Waals surface area contributed by atoms with Crippen LogP contribution in [0.4, 0.5) is 5.82 Å². The van der Waals surface area contributed by atoms with Crippen LogP contribution in [0.1, 0.15) is 19.3 Å². The van der Waals surface area contributed by atoms with Crippen LogP contribution in [-0.2, 0) is 16.1 Å². The van der Waals surface area contributed by atoms with Gasteiger partial charge in [-0.15, -0.1) is 6.58 Å². The molecule has 1 aliphatic rings. The molecule has 0 N–H and O–H groups in total. The lowest BCUT2D eigenvalue weighted by molar-refractivity contribution is -0.116. The molecule has 0 unspecified atom stereocenters. The molecule has 2 heterocycles. The Hall–Kier alpha value is -1.95. The van der Waals surface area contributed by atoms with Crippen LogP contribution in [0.3, 0.4) is 0 Å². The summed E-state index contributed by atoms with van der Waals surface area (Å²) in [4.78, 5) is 11.9. The topological polar surface area (TPSA) is 59.7 Å². The van der Waals surface area contributed by atoms with E-state index in [4.69, 9.17) is 4.74 Å². The number of hydrogen-bond acceptors (Lipinski definition) is 4. The molecule has 0 saturated carbocycles. The van der Waals surface area contributed by atoms with E-state index >= 15 is 0 Å². The van der Waals surface area contributed by atoms with Crippen LogP contribution in [-0.4, -0.2) is 35.1 Å². The minimum absolute atomic E-state index is 0.0314. The first-order valence-corrected chi connectivity index (χ1v) is 6.27. The van der Waals surface area contributed by atoms with E-state index in [1.54, 1.807) is 17.9 Å². The average molecular weight is 262 g/mol. The normalized spacial score (nSPS) is 14.9. The lowest BCUT2D eigenvalue weighted by Gasteiger charge is -2.07. The zero-order chi connectivity index (χ0) is 13.7. The first-order chi connectivity index (χ1) is 9.24. The molecule has 0 atom stereocenters. The third kappa shape index (κ3) is 3.29. The van der Waals surface area contributed by atoms with Crippen molar-refractivity contribution in [2.24, 2.45) is 5.10 Å². The summed E-state index contributed by atoms with van der Waals surface area (Å²) in [5.41, 5.74) is 0.886. The van der Waals surface area contributed by atoms with Crippen molar-refractivity contribution in [1.82, 2.24) is 9.78 Å². The Labute approximate surface area is 112 Å². The molecule has 0 bridgehead atoms. The molecule has 0 saturated heterocycles. The maximum Gasteiger partial charge on any atom is 0.254 e. The Kier molecular flexibility index (Phi) is 4.46. The molecule has 1 aromatic heterocycles. The van der Waals surface area contributed by atoms with Crippen molar-refractivity contribution in [2.75, 3.05) is 18.7 Å². The van der Waals surface area contributed by atoms with Crippen LogP contribution in [0.5, 0.6) is 0 Å². The highest BCUT2D eigenvalue weighted by molar-refractivity contribution is 6.12. The van der Waals surface area contributed by atoms with Gasteiger partial charge in [-0.1, -0.05) is 6.08 Å². The zero-order valence-electron chi connectivity index (χ0n) is 11.1. The third-order valence-corrected chi connectivity index (χ3v) is 2.84. The molecule has 19 heavy (non-hydrogen) atoms. The van der Waals surface area contributed by atoms with Crippen LogP contribution in [0.25, 0.3) is 0 Å². The summed E-state index contributed by atoms with van der Waals surface area (Å²) >= 11 is 0. The van der Waals surface area contributed by atoms with Gasteiger partial charge in [-0.05, 0) is 12.8 Å². The average Bonchev–Trinajstić information content (AvgIpc) is 3.00. The molecule has 2 rings (SSSR count). The molecule has 1 amide bonds. The number of carbonyl (C=O) groups excluding carboxylic acids is 1. The van der Waals surface area contributed by atoms with Gasteiger partial charge >= 0.3 is 0 Å². The third-order valence-electron chi connectivity index (χ3n) is 2.84. The van der Waals surface area contributed by atoms with Crippen molar-refractivity contribution in [2.45, 2.75) is 25.8 Å². The number of allylic oxidation sites excluding steroid dienone is 1. The first kappa shape index (κ1) is 13.5. The molecule has 0 spiro atoms. The van der Waals surface area contributed by atoms with Crippen molar-refractivity contribution in [3.8, 4) is 0 Å². The number of hydrogen-bond donors (Lipinski definition) is 0. The van der Waals surface area contributed by atoms with Gasteiger partial charge in [-0.3, -0.25) is 9.48 Å². The number of aromatic nitrogens is 2. The van der Waals surface area contributed by atoms with E-state index in [-0.39, 0.29) is 5.91 Å². The molecule has 6 heteroatoms. The number of nitrogens with zero attached hydrogens (tertiary/aromatic N) is 4. The second-order valence-corrected chi connectivity index (χ2v) is 4.31. The maximum atomic E-state index is 11.9. The standard InChI is InChI=1S/C13H18N4O2/c1-3-4-5-11-10-13(18)17(14-11)12-6-7-16(15-12)8-9-19-2/h3,6-7H,1,4-5,8-10H2,2H3. The minimum atomic E-state index is -0.0314. The lowest BCUT2D eigenvalue weighted by Crippen LogP contribution is -2.20. The zero-order valence-corrected chi connectivity index (χ0v) is 11.1. The van der Waals surface area contributed by atoms with E-state index in [0.717, 1.165) is 18.6 Å². The fraction of sp³-hybridized carbons (Fsp3) is 0.462. The van der Waals surface area contributed by atoms with Gasteiger partial charge in [-0.2, -0.15) is 15.2 Å². The number of methoxy groups -OCH3 is 1. The van der Waals surface area contributed by atoms with Gasteiger partial charge < -0.3 is 4.74 Å². The van der Waals surface area contributed by atoms with Gasteiger partial charge in [-0.25, -0.2) is 0 Å². The van der Waals surface area contributed by atoms with Crippen molar-refractivity contribution in [3.63, 3.8) is 0 Å². The van der Waals surface area contributed by atoms with Gasteiger partial charge in [0.1, 0.15) is 0 Å². The summed E-state index contributed by atoms with van der Waals surface area (Å²) in [5.74, 6) is 0.533. The predicted molar refractivity (Wildman–Crippen MR) is 73.1 cm³/mol. The summed E-state index contributed by atoms with van der Waals surface area (Å²) in [5, 5.41) is 10.0. The number of ether oxygens (including phenoxy) is 1. The first-order valence-electron chi connectivity index (χ1n) is 6.27. The highest BCUT2D eigenvalue weighted by atomic mass is 16.5. The minimum Gasteiger partial charge on any atom is -0.383 e. The van der Waals surface area contributed by atoms with E-state index < -0.39 is 0 Å². The molecular formula is C13H18N4O2. The monoisotopic (exact) mass is 262 g/mol. The van der Waals surface area contributed by atoms with Crippen molar-refractivity contribution < 1.29 is 9.53 Å². The van der Waals surface area contributed by atoms with Crippen LogP contribution in [0.2, 0.25) is 0 Å². The van der Waals surface area contributed by atoms with E-state index in [9.17, 15) is 4.79 Å². The molecule has 0 radical (unpaired) electrons. The van der Waals surface area contributed by atoms with Gasteiger partial charge in [0.05, 0.1) is 19.6 Å². The summed E-state index contributed by atoms with van der Waals surface area (Å²) in [6.45, 7) is 4.91. The lowest BCUT2D eigenvalue weighted by atomic mass is 10.1. The second kappa shape index (κ2) is 6.29. The second-order valence-electron chi connectivity index (χ2n) is 4.31. The summed E-state index contributed by atoms with van der Waals surface area (Å²) in [6, 6.07) is 1.79. The molecule has 1 aromatic rings. The molecule has 0 fully saturated rings. The van der Waals surface area contributed by atoms with Gasteiger partial charge in [0.15, 0.2) is 5.82 Å². The summed E-state index contributed by atoms with van der Waals surface area (Å²) < 4.78 is 6.72. The maximum absolute atomic E-state index is 11.9. The number of hydrazone groups is 1. The highest BCUT2D eigenvalue weighted by Crippen LogP contribution is 2.19. The van der Waals surface area contributed by atoms with E-state index in [0.29, 0.717) is 25.4 Å². The van der Waals surface area contributed by atoms with E-state index in [1.165, 1.54) is 5.01 Å². The van der Waals surface area contributed by atoms with Crippen LogP contribution < -0.4 is 5.01 Å². The fourth-order valence-electron chi connectivity index (χ4n) is 1.84. The fourth-order valence-corrected chi connectivity index (χ4v) is 1.84. The smallest absolute Gasteiger partial charge is 0.254 e. The van der Waals surface area contributed by atoms with Crippen LogP contribution in [0.15, 0.2) is 30.0 Å². The summed E-state index contributed by atoms with van der Waals surface area (Å²) in [7, 11) is 1.64. The molecule has 0 aliphatic carbocycles. The largest absolute Gasteiger partial charge is 0.383 e. The quantitative estimate of drug-likeness (QED) is 0.701. The van der Waals surface area contributed by atoms with Crippen molar-refractivity contribution in [3.05, 3.63) is 24.9 Å². The van der Waals surface area contributed by atoms with Crippen LogP contribution in [0, 0.1) is 0 Å². The van der Waals surface area contributed by atoms with Gasteiger partial charge in [0.25, 0.3) is 5.91 Å². The molecule has 6 nitrogen and oxygen atoms in total. The van der Waals surface area contributed by atoms with Crippen molar-refractivity contribution in [1.29, 1.82) is 0 Å². The molecular weight excluding hydrogens is 244 g/mol. The Morgan fingerprint density at radius 2 is 2.42 bits per heavy atom. The molecule has 0 aromatic carbocycles. The predicted octanol–water partition coefficient (Wildman–Crippen LogP) is 1.59. The van der Waals surface area contributed by atoms with Gasteiger partial charge in [0, 0.05) is 25.1 Å². The Morgan fingerprint density at radius 3 is 3.16 bits per heavy atom. The van der Waals surface area contributed by atoms with Crippen molar-refractivity contribution >= 4 is 17.4 Å². The number of amides is 1. The number of rotatable bonds is 7. The highest BCUT2D eigenvalue weighted by Gasteiger charge is 2.26. The molecule has 102 valence electrons. The van der Waals surface area contributed by atoms with E-state index in [2.05, 4.69) is 16.8 Å².